The number of carbonyl (C=O) groups excluding carboxylic acids is 1. The predicted molar refractivity (Wildman–Crippen MR) is 69.1 cm³/mol. The summed E-state index contributed by atoms with van der Waals surface area (Å²) in [4.78, 5) is 12.4. The second kappa shape index (κ2) is 4.11. The van der Waals surface area contributed by atoms with Gasteiger partial charge in [-0.15, -0.1) is 0 Å². The number of hydrogen-bond donors (Lipinski definition) is 0. The molecule has 0 spiro atoms. The van der Waals surface area contributed by atoms with Crippen molar-refractivity contribution in [1.82, 2.24) is 0 Å². The lowest BCUT2D eigenvalue weighted by Gasteiger charge is -2.37. The number of benzene rings is 1. The third-order valence-electron chi connectivity index (χ3n) is 3.69. The highest BCUT2D eigenvalue weighted by atomic mass is 35.5. The summed E-state index contributed by atoms with van der Waals surface area (Å²) in [6, 6.07) is 7.20. The SMILES string of the molecule is COC1(C(=O)c2cc3cccc(Cl)c3o2)CCC1. The number of rotatable bonds is 3. The molecular weight excluding hydrogens is 252 g/mol. The highest BCUT2D eigenvalue weighted by Crippen LogP contribution is 2.39. The maximum Gasteiger partial charge on any atom is 0.229 e. The number of ether oxygens (including phenoxy) is 1. The van der Waals surface area contributed by atoms with Crippen molar-refractivity contribution in [2.45, 2.75) is 24.9 Å². The Bertz CT molecular complexity index is 605. The Hall–Kier alpha value is -1.32. The number of ketones is 1. The zero-order valence-corrected chi connectivity index (χ0v) is 10.8. The second-order valence-corrected chi connectivity index (χ2v) is 5.06. The van der Waals surface area contributed by atoms with E-state index < -0.39 is 5.60 Å². The fraction of sp³-hybridized carbons (Fsp3) is 0.357. The molecule has 0 bridgehead atoms. The molecule has 3 nitrogen and oxygen atoms in total. The van der Waals surface area contributed by atoms with Crippen LogP contribution in [0.2, 0.25) is 5.02 Å². The van der Waals surface area contributed by atoms with Gasteiger partial charge < -0.3 is 9.15 Å². The first kappa shape index (κ1) is 11.8. The monoisotopic (exact) mass is 264 g/mol. The molecule has 1 fully saturated rings. The van der Waals surface area contributed by atoms with Gasteiger partial charge in [0.1, 0.15) is 5.60 Å². The molecule has 0 atom stereocenters. The Labute approximate surface area is 110 Å². The normalized spacial score (nSPS) is 17.7. The van der Waals surface area contributed by atoms with Crippen molar-refractivity contribution < 1.29 is 13.9 Å². The number of halogens is 1. The van der Waals surface area contributed by atoms with Gasteiger partial charge in [-0.3, -0.25) is 4.79 Å². The molecule has 1 aromatic carbocycles. The quantitative estimate of drug-likeness (QED) is 0.791. The number of furan rings is 1. The number of para-hydroxylation sites is 1. The molecule has 18 heavy (non-hydrogen) atoms. The lowest BCUT2D eigenvalue weighted by atomic mass is 9.76. The van der Waals surface area contributed by atoms with E-state index in [0.717, 1.165) is 24.6 Å². The van der Waals surface area contributed by atoms with Crippen LogP contribution >= 0.6 is 11.6 Å². The van der Waals surface area contributed by atoms with Gasteiger partial charge in [0.2, 0.25) is 5.78 Å². The summed E-state index contributed by atoms with van der Waals surface area (Å²) >= 11 is 6.03. The topological polar surface area (TPSA) is 39.4 Å². The molecule has 1 aliphatic rings. The molecular formula is C14H13ClO3. The molecule has 1 aromatic heterocycles. The van der Waals surface area contributed by atoms with Gasteiger partial charge in [0.15, 0.2) is 11.3 Å². The molecule has 0 amide bonds. The van der Waals surface area contributed by atoms with Crippen molar-refractivity contribution in [2.24, 2.45) is 0 Å². The van der Waals surface area contributed by atoms with Gasteiger partial charge in [-0.25, -0.2) is 0 Å². The van der Waals surface area contributed by atoms with Crippen LogP contribution in [0, 0.1) is 0 Å². The average molecular weight is 265 g/mol. The number of methoxy groups -OCH3 is 1. The van der Waals surface area contributed by atoms with Crippen LogP contribution in [0.5, 0.6) is 0 Å². The number of hydrogen-bond acceptors (Lipinski definition) is 3. The Balaban J connectivity index is 2.04. The van der Waals surface area contributed by atoms with E-state index in [0.29, 0.717) is 16.4 Å². The molecule has 0 radical (unpaired) electrons. The number of Topliss-reactive ketones (excluding diaryl/α,β-unsaturated/α-hetero) is 1. The van der Waals surface area contributed by atoms with Gasteiger partial charge in [0.25, 0.3) is 0 Å². The van der Waals surface area contributed by atoms with Gasteiger partial charge in [0.05, 0.1) is 5.02 Å². The van der Waals surface area contributed by atoms with Crippen molar-refractivity contribution in [3.8, 4) is 0 Å². The second-order valence-electron chi connectivity index (χ2n) is 4.65. The van der Waals surface area contributed by atoms with Crippen molar-refractivity contribution in [3.63, 3.8) is 0 Å². The van der Waals surface area contributed by atoms with E-state index in [-0.39, 0.29) is 5.78 Å². The summed E-state index contributed by atoms with van der Waals surface area (Å²) in [5.74, 6) is 0.253. The van der Waals surface area contributed by atoms with Crippen LogP contribution in [0.3, 0.4) is 0 Å². The van der Waals surface area contributed by atoms with Crippen molar-refractivity contribution >= 4 is 28.4 Å². The van der Waals surface area contributed by atoms with Gasteiger partial charge in [-0.1, -0.05) is 23.7 Å². The smallest absolute Gasteiger partial charge is 0.229 e. The minimum absolute atomic E-state index is 0.0801. The van der Waals surface area contributed by atoms with E-state index in [1.54, 1.807) is 19.2 Å². The van der Waals surface area contributed by atoms with Gasteiger partial charge in [-0.05, 0) is 31.4 Å². The minimum Gasteiger partial charge on any atom is -0.451 e. The zero-order valence-electron chi connectivity index (χ0n) is 10.0. The van der Waals surface area contributed by atoms with Gasteiger partial charge in [0, 0.05) is 12.5 Å². The summed E-state index contributed by atoms with van der Waals surface area (Å²) in [6.07, 6.45) is 2.53. The third kappa shape index (κ3) is 1.58. The minimum atomic E-state index is -0.680. The lowest BCUT2D eigenvalue weighted by molar-refractivity contribution is -0.0462. The largest absolute Gasteiger partial charge is 0.451 e. The average Bonchev–Trinajstić information content (AvgIpc) is 2.73. The summed E-state index contributed by atoms with van der Waals surface area (Å²) in [5, 5.41) is 1.36. The van der Waals surface area contributed by atoms with E-state index in [4.69, 9.17) is 20.8 Å². The molecule has 1 saturated carbocycles. The first-order valence-electron chi connectivity index (χ1n) is 5.94. The number of carbonyl (C=O) groups is 1. The van der Waals surface area contributed by atoms with Crippen LogP contribution < -0.4 is 0 Å². The van der Waals surface area contributed by atoms with Gasteiger partial charge >= 0.3 is 0 Å². The van der Waals surface area contributed by atoms with Crippen LogP contribution in [0.4, 0.5) is 0 Å². The van der Waals surface area contributed by atoms with E-state index in [1.807, 2.05) is 12.1 Å². The van der Waals surface area contributed by atoms with Crippen LogP contribution in [0.1, 0.15) is 29.8 Å². The summed E-state index contributed by atoms with van der Waals surface area (Å²) in [6.45, 7) is 0. The summed E-state index contributed by atoms with van der Waals surface area (Å²) in [7, 11) is 1.58. The van der Waals surface area contributed by atoms with Crippen molar-refractivity contribution in [2.75, 3.05) is 7.11 Å². The molecule has 0 N–H and O–H groups in total. The third-order valence-corrected chi connectivity index (χ3v) is 3.98. The molecule has 0 unspecified atom stereocenters. The molecule has 0 saturated heterocycles. The zero-order chi connectivity index (χ0) is 12.8. The predicted octanol–water partition coefficient (Wildman–Crippen LogP) is 3.84. The fourth-order valence-electron chi connectivity index (χ4n) is 2.39. The standard InChI is InChI=1S/C14H13ClO3/c1-17-14(6-3-7-14)13(16)11-8-9-4-2-5-10(15)12(9)18-11/h2,4-5,8H,3,6-7H2,1H3. The highest BCUT2D eigenvalue weighted by molar-refractivity contribution is 6.34. The van der Waals surface area contributed by atoms with E-state index in [9.17, 15) is 4.79 Å². The maximum absolute atomic E-state index is 12.4. The van der Waals surface area contributed by atoms with Crippen LogP contribution in [0.15, 0.2) is 28.7 Å². The van der Waals surface area contributed by atoms with E-state index in [1.165, 1.54) is 0 Å². The fourth-order valence-corrected chi connectivity index (χ4v) is 2.61. The highest BCUT2D eigenvalue weighted by Gasteiger charge is 2.46. The molecule has 2 aromatic rings. The molecule has 94 valence electrons. The van der Waals surface area contributed by atoms with Crippen molar-refractivity contribution in [3.05, 3.63) is 35.0 Å². The first-order valence-corrected chi connectivity index (χ1v) is 6.32. The molecule has 1 aliphatic carbocycles. The lowest BCUT2D eigenvalue weighted by Crippen LogP contribution is -2.46. The van der Waals surface area contributed by atoms with Crippen LogP contribution in [-0.4, -0.2) is 18.5 Å². The Morgan fingerprint density at radius 3 is 2.78 bits per heavy atom. The van der Waals surface area contributed by atoms with Crippen molar-refractivity contribution in [1.29, 1.82) is 0 Å². The Kier molecular flexibility index (Phi) is 2.68. The molecule has 1 heterocycles. The molecule has 3 rings (SSSR count). The first-order chi connectivity index (χ1) is 8.66. The Morgan fingerprint density at radius 1 is 1.44 bits per heavy atom. The summed E-state index contributed by atoms with van der Waals surface area (Å²) in [5.41, 5.74) is -0.117. The van der Waals surface area contributed by atoms with Gasteiger partial charge in [-0.2, -0.15) is 0 Å². The summed E-state index contributed by atoms with van der Waals surface area (Å²) < 4.78 is 11.0. The van der Waals surface area contributed by atoms with Crippen LogP contribution in [0.25, 0.3) is 11.0 Å². The van der Waals surface area contributed by atoms with E-state index in [2.05, 4.69) is 0 Å². The Morgan fingerprint density at radius 2 is 2.22 bits per heavy atom. The van der Waals surface area contributed by atoms with E-state index >= 15 is 0 Å². The molecule has 0 aliphatic heterocycles. The molecule has 4 heteroatoms. The number of fused-ring (bicyclic) bond motifs is 1. The van der Waals surface area contributed by atoms with Crippen LogP contribution in [-0.2, 0) is 4.74 Å². The maximum atomic E-state index is 12.4.